The number of nitrogens with zero attached hydrogens (tertiary/aromatic N) is 3. The van der Waals surface area contributed by atoms with E-state index >= 15 is 0 Å². The topological polar surface area (TPSA) is 69.0 Å². The van der Waals surface area contributed by atoms with Crippen LogP contribution in [-0.4, -0.2) is 34.3 Å². The van der Waals surface area contributed by atoms with Crippen molar-refractivity contribution in [1.82, 2.24) is 20.1 Å². The number of methoxy groups -OCH3 is 1. The van der Waals surface area contributed by atoms with Gasteiger partial charge >= 0.3 is 0 Å². The van der Waals surface area contributed by atoms with Crippen LogP contribution in [0, 0.1) is 13.8 Å². The second-order valence-corrected chi connectivity index (χ2v) is 5.64. The smallest absolute Gasteiger partial charge is 0.252 e. The Kier molecular flexibility index (Phi) is 4.46. The number of fused-ring (bicyclic) bond motifs is 1. The molecule has 0 aliphatic rings. The van der Waals surface area contributed by atoms with Gasteiger partial charge in [0.1, 0.15) is 0 Å². The molecule has 6 nitrogen and oxygen atoms in total. The van der Waals surface area contributed by atoms with Crippen LogP contribution < -0.4 is 10.1 Å². The fraction of sp³-hybridized carbons (Fsp3) is 0.278. The summed E-state index contributed by atoms with van der Waals surface area (Å²) in [5, 5.41) is 8.14. The van der Waals surface area contributed by atoms with Gasteiger partial charge in [-0.1, -0.05) is 18.2 Å². The highest BCUT2D eigenvalue weighted by Crippen LogP contribution is 2.21. The van der Waals surface area contributed by atoms with Gasteiger partial charge in [-0.15, -0.1) is 0 Å². The Labute approximate surface area is 140 Å². The number of aromatic nitrogens is 3. The molecule has 3 aromatic rings. The van der Waals surface area contributed by atoms with Gasteiger partial charge in [0, 0.05) is 23.7 Å². The standard InChI is InChI=1S/C18H20N4O2/c1-12-10-13(2)22(21-12)9-8-19-18(23)15-11-17(24-3)20-16-7-5-4-6-14(15)16/h4-7,10-11H,8-9H2,1-3H3,(H,19,23). The van der Waals surface area contributed by atoms with Crippen molar-refractivity contribution in [3.63, 3.8) is 0 Å². The van der Waals surface area contributed by atoms with Crippen molar-refractivity contribution in [2.75, 3.05) is 13.7 Å². The van der Waals surface area contributed by atoms with Crippen molar-refractivity contribution in [3.8, 4) is 5.88 Å². The van der Waals surface area contributed by atoms with Crippen LogP contribution in [0.5, 0.6) is 5.88 Å². The first-order valence-electron chi connectivity index (χ1n) is 7.81. The fourth-order valence-corrected chi connectivity index (χ4v) is 2.72. The van der Waals surface area contributed by atoms with Crippen LogP contribution in [0.3, 0.4) is 0 Å². The lowest BCUT2D eigenvalue weighted by molar-refractivity contribution is 0.0953. The number of hydrogen-bond acceptors (Lipinski definition) is 4. The van der Waals surface area contributed by atoms with Crippen LogP contribution in [-0.2, 0) is 6.54 Å². The lowest BCUT2D eigenvalue weighted by atomic mass is 10.1. The molecule has 2 aromatic heterocycles. The molecule has 0 saturated heterocycles. The van der Waals surface area contributed by atoms with Crippen molar-refractivity contribution in [1.29, 1.82) is 0 Å². The minimum atomic E-state index is -0.145. The molecule has 24 heavy (non-hydrogen) atoms. The second kappa shape index (κ2) is 6.70. The van der Waals surface area contributed by atoms with Gasteiger partial charge in [0.2, 0.25) is 5.88 Å². The van der Waals surface area contributed by atoms with Gasteiger partial charge in [-0.3, -0.25) is 9.48 Å². The summed E-state index contributed by atoms with van der Waals surface area (Å²) < 4.78 is 7.09. The molecule has 0 radical (unpaired) electrons. The van der Waals surface area contributed by atoms with E-state index in [9.17, 15) is 4.79 Å². The van der Waals surface area contributed by atoms with Crippen molar-refractivity contribution < 1.29 is 9.53 Å². The Hall–Kier alpha value is -2.89. The predicted molar refractivity (Wildman–Crippen MR) is 92.3 cm³/mol. The van der Waals surface area contributed by atoms with Gasteiger partial charge in [0.25, 0.3) is 5.91 Å². The number of hydrogen-bond donors (Lipinski definition) is 1. The van der Waals surface area contributed by atoms with E-state index in [0.29, 0.717) is 24.5 Å². The summed E-state index contributed by atoms with van der Waals surface area (Å²) in [4.78, 5) is 16.9. The predicted octanol–water partition coefficient (Wildman–Crippen LogP) is 2.49. The number of amides is 1. The third-order valence-electron chi connectivity index (χ3n) is 3.86. The fourth-order valence-electron chi connectivity index (χ4n) is 2.72. The van der Waals surface area contributed by atoms with Crippen LogP contribution in [0.15, 0.2) is 36.4 Å². The highest BCUT2D eigenvalue weighted by atomic mass is 16.5. The first-order chi connectivity index (χ1) is 11.6. The molecule has 0 spiro atoms. The number of carbonyl (C=O) groups excluding carboxylic acids is 1. The summed E-state index contributed by atoms with van der Waals surface area (Å²) in [5.74, 6) is 0.283. The number of benzene rings is 1. The zero-order chi connectivity index (χ0) is 17.1. The highest BCUT2D eigenvalue weighted by Gasteiger charge is 2.13. The Morgan fingerprint density at radius 1 is 1.25 bits per heavy atom. The van der Waals surface area contributed by atoms with Crippen LogP contribution in [0.4, 0.5) is 0 Å². The van der Waals surface area contributed by atoms with E-state index in [-0.39, 0.29) is 5.91 Å². The van der Waals surface area contributed by atoms with Crippen molar-refractivity contribution >= 4 is 16.8 Å². The Morgan fingerprint density at radius 3 is 2.75 bits per heavy atom. The normalized spacial score (nSPS) is 10.8. The number of carbonyl (C=O) groups is 1. The molecule has 0 aliphatic heterocycles. The number of nitrogens with one attached hydrogen (secondary N) is 1. The monoisotopic (exact) mass is 324 g/mol. The molecule has 2 heterocycles. The molecular formula is C18H20N4O2. The lowest BCUT2D eigenvalue weighted by Gasteiger charge is -2.10. The van der Waals surface area contributed by atoms with Gasteiger partial charge in [-0.2, -0.15) is 5.10 Å². The molecule has 0 unspecified atom stereocenters. The average Bonchev–Trinajstić information content (AvgIpc) is 2.91. The van der Waals surface area contributed by atoms with E-state index in [1.165, 1.54) is 0 Å². The van der Waals surface area contributed by atoms with Crippen molar-refractivity contribution in [2.24, 2.45) is 0 Å². The lowest BCUT2D eigenvalue weighted by Crippen LogP contribution is -2.28. The average molecular weight is 324 g/mol. The molecule has 0 bridgehead atoms. The van der Waals surface area contributed by atoms with E-state index in [2.05, 4.69) is 15.4 Å². The van der Waals surface area contributed by atoms with Crippen LogP contribution in [0.25, 0.3) is 10.9 Å². The molecule has 0 aliphatic carbocycles. The maximum absolute atomic E-state index is 12.6. The summed E-state index contributed by atoms with van der Waals surface area (Å²) in [6, 6.07) is 11.2. The third-order valence-corrected chi connectivity index (χ3v) is 3.86. The molecule has 0 saturated carbocycles. The molecule has 1 amide bonds. The maximum Gasteiger partial charge on any atom is 0.252 e. The Balaban J connectivity index is 1.77. The highest BCUT2D eigenvalue weighted by molar-refractivity contribution is 6.06. The number of rotatable bonds is 5. The van der Waals surface area contributed by atoms with E-state index < -0.39 is 0 Å². The molecular weight excluding hydrogens is 304 g/mol. The van der Waals surface area contributed by atoms with Gasteiger partial charge in [-0.25, -0.2) is 4.98 Å². The Morgan fingerprint density at radius 2 is 2.04 bits per heavy atom. The van der Waals surface area contributed by atoms with Crippen LogP contribution in [0.1, 0.15) is 21.7 Å². The summed E-state index contributed by atoms with van der Waals surface area (Å²) in [6.07, 6.45) is 0. The molecule has 1 aromatic carbocycles. The zero-order valence-corrected chi connectivity index (χ0v) is 14.0. The van der Waals surface area contributed by atoms with E-state index in [4.69, 9.17) is 4.74 Å². The number of aryl methyl sites for hydroxylation is 2. The van der Waals surface area contributed by atoms with E-state index in [0.717, 1.165) is 22.3 Å². The van der Waals surface area contributed by atoms with E-state index in [1.807, 2.05) is 48.9 Å². The second-order valence-electron chi connectivity index (χ2n) is 5.64. The van der Waals surface area contributed by atoms with Gasteiger partial charge in [0.05, 0.1) is 30.4 Å². The SMILES string of the molecule is COc1cc(C(=O)NCCn2nc(C)cc2C)c2ccccc2n1. The van der Waals surface area contributed by atoms with Gasteiger partial charge in [0.15, 0.2) is 0 Å². The third kappa shape index (κ3) is 3.22. The largest absolute Gasteiger partial charge is 0.481 e. The van der Waals surface area contributed by atoms with Crippen LogP contribution in [0.2, 0.25) is 0 Å². The minimum absolute atomic E-state index is 0.145. The summed E-state index contributed by atoms with van der Waals surface area (Å²) in [7, 11) is 1.54. The molecule has 6 heteroatoms. The minimum Gasteiger partial charge on any atom is -0.481 e. The quantitative estimate of drug-likeness (QED) is 0.783. The molecule has 1 N–H and O–H groups in total. The number of ether oxygens (including phenoxy) is 1. The summed E-state index contributed by atoms with van der Waals surface area (Å²) in [5.41, 5.74) is 3.35. The molecule has 0 fully saturated rings. The molecule has 0 atom stereocenters. The van der Waals surface area contributed by atoms with Gasteiger partial charge < -0.3 is 10.1 Å². The Bertz CT molecular complexity index is 886. The summed E-state index contributed by atoms with van der Waals surface area (Å²) in [6.45, 7) is 5.09. The maximum atomic E-state index is 12.6. The first kappa shape index (κ1) is 16.0. The van der Waals surface area contributed by atoms with Crippen molar-refractivity contribution in [3.05, 3.63) is 53.3 Å². The molecule has 3 rings (SSSR count). The van der Waals surface area contributed by atoms with E-state index in [1.54, 1.807) is 13.2 Å². The zero-order valence-electron chi connectivity index (χ0n) is 14.0. The van der Waals surface area contributed by atoms with Crippen LogP contribution >= 0.6 is 0 Å². The van der Waals surface area contributed by atoms with Gasteiger partial charge in [-0.05, 0) is 26.0 Å². The number of pyridine rings is 1. The number of para-hydroxylation sites is 1. The molecule has 124 valence electrons. The van der Waals surface area contributed by atoms with Crippen molar-refractivity contribution in [2.45, 2.75) is 20.4 Å². The summed E-state index contributed by atoms with van der Waals surface area (Å²) >= 11 is 0. The first-order valence-corrected chi connectivity index (χ1v) is 7.81.